The summed E-state index contributed by atoms with van der Waals surface area (Å²) in [5.74, 6) is 0. The molecular formula is C38H32O6P2S2. The van der Waals surface area contributed by atoms with Crippen molar-refractivity contribution in [3.63, 3.8) is 0 Å². The molecule has 2 N–H and O–H groups in total. The van der Waals surface area contributed by atoms with Gasteiger partial charge in [0.2, 0.25) is 0 Å². The molecule has 0 saturated heterocycles. The molecule has 6 nitrogen and oxygen atoms in total. The van der Waals surface area contributed by atoms with Gasteiger partial charge in [0.15, 0.2) is 0 Å². The van der Waals surface area contributed by atoms with E-state index >= 15 is 0 Å². The molecular weight excluding hydrogens is 678 g/mol. The Hall–Kier alpha value is -4.00. The fourth-order valence-electron chi connectivity index (χ4n) is 5.69. The van der Waals surface area contributed by atoms with Crippen LogP contribution in [0.5, 0.6) is 0 Å². The average molecular weight is 711 g/mol. The molecule has 0 fully saturated rings. The molecule has 48 heavy (non-hydrogen) atoms. The Morgan fingerprint density at radius 2 is 0.729 bits per heavy atom. The summed E-state index contributed by atoms with van der Waals surface area (Å²) >= 11 is 0. The van der Waals surface area contributed by atoms with Crippen LogP contribution in [0.3, 0.4) is 0 Å². The maximum atomic E-state index is 12.1. The summed E-state index contributed by atoms with van der Waals surface area (Å²) in [4.78, 5) is -0.260. The minimum Gasteiger partial charge on any atom is -0.282 e. The highest BCUT2D eigenvalue weighted by Gasteiger charge is 2.22. The van der Waals surface area contributed by atoms with Crippen LogP contribution in [0.25, 0.3) is 11.1 Å². The van der Waals surface area contributed by atoms with Crippen molar-refractivity contribution in [2.45, 2.75) is 22.1 Å². The quantitative estimate of drug-likeness (QED) is 0.110. The smallest absolute Gasteiger partial charge is 0.282 e. The predicted octanol–water partition coefficient (Wildman–Crippen LogP) is 7.11. The van der Waals surface area contributed by atoms with Crippen LogP contribution >= 0.6 is 15.8 Å². The molecule has 0 radical (unpaired) electrons. The van der Waals surface area contributed by atoms with Crippen LogP contribution in [0.2, 0.25) is 0 Å². The Labute approximate surface area is 284 Å². The van der Waals surface area contributed by atoms with E-state index in [2.05, 4.69) is 48.5 Å². The van der Waals surface area contributed by atoms with Gasteiger partial charge in [0, 0.05) is 12.3 Å². The van der Waals surface area contributed by atoms with Crippen molar-refractivity contribution < 1.29 is 25.9 Å². The molecule has 2 unspecified atom stereocenters. The van der Waals surface area contributed by atoms with Crippen LogP contribution in [-0.2, 0) is 32.6 Å². The first-order valence-corrected chi connectivity index (χ1v) is 21.0. The molecule has 2 atom stereocenters. The normalized spacial score (nSPS) is 13.1. The molecule has 0 heterocycles. The summed E-state index contributed by atoms with van der Waals surface area (Å²) in [7, 11) is -10.9. The van der Waals surface area contributed by atoms with E-state index in [1.54, 1.807) is 24.3 Å². The van der Waals surface area contributed by atoms with E-state index in [1.807, 2.05) is 72.8 Å². The maximum Gasteiger partial charge on any atom is 0.294 e. The Kier molecular flexibility index (Phi) is 10.3. The summed E-state index contributed by atoms with van der Waals surface area (Å²) in [6.45, 7) is 0. The number of hydrogen-bond donors (Lipinski definition) is 2. The van der Waals surface area contributed by atoms with Gasteiger partial charge in [-0.1, -0.05) is 133 Å². The second-order valence-electron chi connectivity index (χ2n) is 11.1. The zero-order valence-electron chi connectivity index (χ0n) is 25.7. The van der Waals surface area contributed by atoms with E-state index in [1.165, 1.54) is 12.1 Å². The number of hydrogen-bond acceptors (Lipinski definition) is 4. The Morgan fingerprint density at radius 3 is 1.10 bits per heavy atom. The summed E-state index contributed by atoms with van der Waals surface area (Å²) in [6.07, 6.45) is 1.26. The highest BCUT2D eigenvalue weighted by atomic mass is 32.2. The highest BCUT2D eigenvalue weighted by molar-refractivity contribution is 7.86. The standard InChI is InChI=1S/C38H32O6P2S2/c39-47(40,41)35-21-11-19-33(25-35)45(31-15-3-1-4-16-31)27-29-13-7-9-23-37(29)38-24-10-8-14-30(38)28-46(32-17-5-2-6-18-32)34-20-12-22-36(26-34)48(42,43)44/h1-26H,27-28H2,(H,39,40,41)(H,42,43,44). The van der Waals surface area contributed by atoms with E-state index in [-0.39, 0.29) is 9.79 Å². The first-order valence-electron chi connectivity index (χ1n) is 15.0. The first-order chi connectivity index (χ1) is 23.1. The topological polar surface area (TPSA) is 109 Å². The van der Waals surface area contributed by atoms with E-state index in [0.717, 1.165) is 43.5 Å². The van der Waals surface area contributed by atoms with Crippen molar-refractivity contribution in [1.82, 2.24) is 0 Å². The Bertz CT molecular complexity index is 2100. The zero-order chi connectivity index (χ0) is 33.7. The lowest BCUT2D eigenvalue weighted by molar-refractivity contribution is 0.481. The molecule has 0 aliphatic carbocycles. The van der Waals surface area contributed by atoms with Gasteiger partial charge in [-0.15, -0.1) is 0 Å². The van der Waals surface area contributed by atoms with E-state index in [9.17, 15) is 25.9 Å². The molecule has 10 heteroatoms. The summed E-state index contributed by atoms with van der Waals surface area (Å²) in [6, 6.07) is 49.5. The number of benzene rings is 6. The van der Waals surface area contributed by atoms with Crippen LogP contribution in [0.1, 0.15) is 11.1 Å². The third kappa shape index (κ3) is 7.99. The van der Waals surface area contributed by atoms with Gasteiger partial charge in [0.1, 0.15) is 0 Å². The van der Waals surface area contributed by atoms with E-state index < -0.39 is 36.1 Å². The van der Waals surface area contributed by atoms with Crippen molar-refractivity contribution >= 4 is 57.3 Å². The van der Waals surface area contributed by atoms with Gasteiger partial charge < -0.3 is 0 Å². The Morgan fingerprint density at radius 1 is 0.396 bits per heavy atom. The highest BCUT2D eigenvalue weighted by Crippen LogP contribution is 2.44. The molecule has 0 aliphatic heterocycles. The van der Waals surface area contributed by atoms with Crippen molar-refractivity contribution in [2.75, 3.05) is 0 Å². The van der Waals surface area contributed by atoms with Gasteiger partial charge in [-0.2, -0.15) is 16.8 Å². The molecule has 0 amide bonds. The van der Waals surface area contributed by atoms with Gasteiger partial charge in [-0.25, -0.2) is 0 Å². The Balaban J connectivity index is 1.43. The van der Waals surface area contributed by atoms with Crippen molar-refractivity contribution in [3.8, 4) is 11.1 Å². The van der Waals surface area contributed by atoms with Crippen molar-refractivity contribution in [2.24, 2.45) is 0 Å². The molecule has 6 rings (SSSR count). The van der Waals surface area contributed by atoms with Gasteiger partial charge in [0.25, 0.3) is 20.2 Å². The van der Waals surface area contributed by atoms with Crippen LogP contribution in [0.15, 0.2) is 168 Å². The second kappa shape index (κ2) is 14.6. The predicted molar refractivity (Wildman–Crippen MR) is 197 cm³/mol. The van der Waals surface area contributed by atoms with Crippen molar-refractivity contribution in [1.29, 1.82) is 0 Å². The third-order valence-electron chi connectivity index (χ3n) is 7.97. The van der Waals surface area contributed by atoms with Crippen LogP contribution in [-0.4, -0.2) is 25.9 Å². The molecule has 6 aromatic carbocycles. The lowest BCUT2D eigenvalue weighted by Gasteiger charge is -2.24. The van der Waals surface area contributed by atoms with Gasteiger partial charge >= 0.3 is 0 Å². The molecule has 0 bridgehead atoms. The average Bonchev–Trinajstić information content (AvgIpc) is 3.10. The lowest BCUT2D eigenvalue weighted by atomic mass is 9.97. The van der Waals surface area contributed by atoms with Crippen LogP contribution < -0.4 is 21.2 Å². The molecule has 0 aliphatic rings. The second-order valence-corrected chi connectivity index (χ2v) is 18.4. The summed E-state index contributed by atoms with van der Waals surface area (Å²) in [5, 5.41) is 3.82. The number of rotatable bonds is 11. The van der Waals surface area contributed by atoms with Crippen LogP contribution in [0, 0.1) is 0 Å². The lowest BCUT2D eigenvalue weighted by Crippen LogP contribution is -2.15. The minimum absolute atomic E-state index is 0.130. The van der Waals surface area contributed by atoms with E-state index in [4.69, 9.17) is 0 Å². The summed E-state index contributed by atoms with van der Waals surface area (Å²) < 4.78 is 67.9. The van der Waals surface area contributed by atoms with Gasteiger partial charge in [-0.3, -0.25) is 9.11 Å². The SMILES string of the molecule is O=S(=O)(O)c1cccc(P(Cc2ccccc2-c2ccccc2CP(c2ccccc2)c2cccc(S(=O)(=O)O)c2)c2ccccc2)c1. The third-order valence-corrected chi connectivity index (χ3v) is 14.6. The molecule has 0 aromatic heterocycles. The molecule has 242 valence electrons. The van der Waals surface area contributed by atoms with Crippen molar-refractivity contribution in [3.05, 3.63) is 169 Å². The fraction of sp³-hybridized carbons (Fsp3) is 0.0526. The summed E-state index contributed by atoms with van der Waals surface area (Å²) in [5.41, 5.74) is 4.29. The van der Waals surface area contributed by atoms with Gasteiger partial charge in [-0.05, 0) is 83.6 Å². The zero-order valence-corrected chi connectivity index (χ0v) is 29.1. The van der Waals surface area contributed by atoms with Crippen LogP contribution in [0.4, 0.5) is 0 Å². The largest absolute Gasteiger partial charge is 0.294 e. The minimum atomic E-state index is -4.37. The van der Waals surface area contributed by atoms with Gasteiger partial charge in [0.05, 0.1) is 9.79 Å². The molecule has 6 aromatic rings. The fourth-order valence-corrected chi connectivity index (χ4v) is 11.7. The molecule has 0 spiro atoms. The first kappa shape index (κ1) is 33.9. The molecule has 0 saturated carbocycles. The van der Waals surface area contributed by atoms with E-state index in [0.29, 0.717) is 12.3 Å². The maximum absolute atomic E-state index is 12.1. The monoisotopic (exact) mass is 710 g/mol.